The van der Waals surface area contributed by atoms with Crippen LogP contribution in [0.25, 0.3) is 16.0 Å². The summed E-state index contributed by atoms with van der Waals surface area (Å²) >= 11 is 7.43. The molecule has 0 saturated carbocycles. The van der Waals surface area contributed by atoms with E-state index in [2.05, 4.69) is 4.98 Å². The van der Waals surface area contributed by atoms with Gasteiger partial charge in [-0.1, -0.05) is 52.8 Å². The maximum atomic E-state index is 13.4. The summed E-state index contributed by atoms with van der Waals surface area (Å²) in [6.07, 6.45) is 0.723. The number of aliphatic hydroxyl groups excluding tert-OH is 1. The number of anilines is 1. The molecule has 8 heteroatoms. The summed E-state index contributed by atoms with van der Waals surface area (Å²) in [6, 6.07) is 17.4. The lowest BCUT2D eigenvalue weighted by molar-refractivity contribution is -0.132. The van der Waals surface area contributed by atoms with Crippen molar-refractivity contribution in [2.45, 2.75) is 19.4 Å². The first kappa shape index (κ1) is 21.8. The van der Waals surface area contributed by atoms with E-state index < -0.39 is 17.7 Å². The average Bonchev–Trinajstić information content (AvgIpc) is 3.54. The molecule has 1 saturated heterocycles. The minimum absolute atomic E-state index is 0.0387. The van der Waals surface area contributed by atoms with Crippen LogP contribution in [0.15, 0.2) is 66.2 Å². The fraction of sp³-hybridized carbons (Fsp3) is 0.148. The number of benzene rings is 3. The highest BCUT2D eigenvalue weighted by Crippen LogP contribution is 2.45. The number of carbonyl (C=O) groups is 2. The van der Waals surface area contributed by atoms with Crippen LogP contribution in [0.1, 0.15) is 28.3 Å². The quantitative estimate of drug-likeness (QED) is 0.217. The number of rotatable bonds is 3. The molecular formula is C27H19ClN2O4S. The van der Waals surface area contributed by atoms with Gasteiger partial charge in [-0.3, -0.25) is 14.5 Å². The zero-order chi connectivity index (χ0) is 24.3. The molecule has 1 unspecified atom stereocenters. The first-order valence-corrected chi connectivity index (χ1v) is 12.3. The summed E-state index contributed by atoms with van der Waals surface area (Å²) < 4.78 is 6.37. The molecule has 174 valence electrons. The van der Waals surface area contributed by atoms with Crippen molar-refractivity contribution in [1.82, 2.24) is 4.98 Å². The van der Waals surface area contributed by atoms with Crippen molar-refractivity contribution in [1.29, 1.82) is 0 Å². The van der Waals surface area contributed by atoms with Gasteiger partial charge in [0.25, 0.3) is 5.78 Å². The molecule has 1 atom stereocenters. The highest BCUT2D eigenvalue weighted by Gasteiger charge is 2.48. The molecule has 1 fully saturated rings. The van der Waals surface area contributed by atoms with E-state index in [0.717, 1.165) is 28.0 Å². The number of ketones is 1. The van der Waals surface area contributed by atoms with E-state index in [4.69, 9.17) is 16.3 Å². The van der Waals surface area contributed by atoms with E-state index in [9.17, 15) is 14.7 Å². The van der Waals surface area contributed by atoms with E-state index in [1.54, 1.807) is 30.3 Å². The van der Waals surface area contributed by atoms with Gasteiger partial charge in [0, 0.05) is 17.0 Å². The number of aliphatic hydroxyl groups is 1. The fourth-order valence-corrected chi connectivity index (χ4v) is 5.93. The van der Waals surface area contributed by atoms with E-state index in [1.807, 2.05) is 37.3 Å². The average molecular weight is 503 g/mol. The third-order valence-corrected chi connectivity index (χ3v) is 7.56. The van der Waals surface area contributed by atoms with Crippen molar-refractivity contribution < 1.29 is 19.4 Å². The van der Waals surface area contributed by atoms with Crippen molar-refractivity contribution in [3.8, 4) is 5.75 Å². The summed E-state index contributed by atoms with van der Waals surface area (Å²) in [5, 5.41) is 12.3. The number of hydrogen-bond donors (Lipinski definition) is 1. The topological polar surface area (TPSA) is 79.7 Å². The van der Waals surface area contributed by atoms with Crippen molar-refractivity contribution in [2.24, 2.45) is 0 Å². The number of carbonyl (C=O) groups excluding carboxylic acids is 2. The Labute approximate surface area is 210 Å². The Morgan fingerprint density at radius 1 is 1.14 bits per heavy atom. The maximum Gasteiger partial charge on any atom is 0.301 e. The number of amides is 1. The largest absolute Gasteiger partial charge is 0.507 e. The summed E-state index contributed by atoms with van der Waals surface area (Å²) in [4.78, 5) is 32.8. The van der Waals surface area contributed by atoms with Gasteiger partial charge >= 0.3 is 5.91 Å². The van der Waals surface area contributed by atoms with Gasteiger partial charge in [0.15, 0.2) is 5.13 Å². The number of aromatic nitrogens is 1. The molecular weight excluding hydrogens is 484 g/mol. The number of ether oxygens (including phenoxy) is 1. The molecule has 2 aliphatic rings. The van der Waals surface area contributed by atoms with Crippen LogP contribution in [0.4, 0.5) is 5.13 Å². The van der Waals surface area contributed by atoms with Crippen molar-refractivity contribution in [2.75, 3.05) is 11.5 Å². The minimum Gasteiger partial charge on any atom is -0.507 e. The molecule has 1 amide bonds. The van der Waals surface area contributed by atoms with Gasteiger partial charge in [0.2, 0.25) is 0 Å². The number of fused-ring (bicyclic) bond motifs is 2. The zero-order valence-electron chi connectivity index (χ0n) is 18.6. The Morgan fingerprint density at radius 3 is 2.83 bits per heavy atom. The predicted molar refractivity (Wildman–Crippen MR) is 136 cm³/mol. The van der Waals surface area contributed by atoms with Gasteiger partial charge in [0.1, 0.15) is 11.5 Å². The normalized spacial score (nSPS) is 18.8. The first-order valence-electron chi connectivity index (χ1n) is 11.1. The lowest BCUT2D eigenvalue weighted by Crippen LogP contribution is -2.29. The number of aryl methyl sites for hydroxylation is 1. The van der Waals surface area contributed by atoms with E-state index in [1.165, 1.54) is 16.2 Å². The smallest absolute Gasteiger partial charge is 0.301 e. The number of thiazole rings is 1. The second-order valence-electron chi connectivity index (χ2n) is 8.61. The Kier molecular flexibility index (Phi) is 5.12. The molecule has 2 aliphatic heterocycles. The summed E-state index contributed by atoms with van der Waals surface area (Å²) in [7, 11) is 0. The Morgan fingerprint density at radius 2 is 2.00 bits per heavy atom. The van der Waals surface area contributed by atoms with Crippen LogP contribution < -0.4 is 9.64 Å². The molecule has 4 aromatic rings. The second-order valence-corrected chi connectivity index (χ2v) is 10.1. The predicted octanol–water partition coefficient (Wildman–Crippen LogP) is 5.82. The van der Waals surface area contributed by atoms with Crippen LogP contribution in [-0.4, -0.2) is 28.4 Å². The lowest BCUT2D eigenvalue weighted by Gasteiger charge is -2.23. The van der Waals surface area contributed by atoms with Gasteiger partial charge < -0.3 is 9.84 Å². The Hall–Kier alpha value is -3.68. The van der Waals surface area contributed by atoms with E-state index in [0.29, 0.717) is 33.4 Å². The highest BCUT2D eigenvalue weighted by molar-refractivity contribution is 7.22. The van der Waals surface area contributed by atoms with Gasteiger partial charge in [0.05, 0.1) is 28.4 Å². The van der Waals surface area contributed by atoms with Crippen LogP contribution in [0, 0.1) is 6.92 Å². The van der Waals surface area contributed by atoms with E-state index in [-0.39, 0.29) is 11.3 Å². The minimum atomic E-state index is -0.824. The molecule has 0 spiro atoms. The summed E-state index contributed by atoms with van der Waals surface area (Å²) in [5.74, 6) is -0.919. The van der Waals surface area contributed by atoms with Crippen LogP contribution in [0.2, 0.25) is 5.02 Å². The van der Waals surface area contributed by atoms with Crippen LogP contribution in [-0.2, 0) is 16.0 Å². The van der Waals surface area contributed by atoms with Gasteiger partial charge in [-0.15, -0.1) is 0 Å². The van der Waals surface area contributed by atoms with Crippen molar-refractivity contribution in [3.63, 3.8) is 0 Å². The fourth-order valence-electron chi connectivity index (χ4n) is 4.66. The molecule has 6 nitrogen and oxygen atoms in total. The molecule has 0 aliphatic carbocycles. The maximum absolute atomic E-state index is 13.4. The van der Waals surface area contributed by atoms with Crippen LogP contribution in [0.3, 0.4) is 0 Å². The summed E-state index contributed by atoms with van der Waals surface area (Å²) in [6.45, 7) is 2.52. The Balaban J connectivity index is 1.56. The van der Waals surface area contributed by atoms with Gasteiger partial charge in [-0.05, 0) is 54.4 Å². The number of Topliss-reactive ketones (excluding diaryl/α,β-unsaturated/α-hetero) is 1. The van der Waals surface area contributed by atoms with Crippen molar-refractivity contribution in [3.05, 3.63) is 93.5 Å². The van der Waals surface area contributed by atoms with Crippen LogP contribution >= 0.6 is 22.9 Å². The molecule has 0 bridgehead atoms. The van der Waals surface area contributed by atoms with E-state index >= 15 is 0 Å². The SMILES string of the molecule is Cc1cccc(C2/C(=C(\O)c3ccc4c(c3)CCO4)C(=O)C(=O)N2c2nc3ccc(Cl)cc3s2)c1. The highest BCUT2D eigenvalue weighted by atomic mass is 35.5. The first-order chi connectivity index (χ1) is 16.9. The van der Waals surface area contributed by atoms with Gasteiger partial charge in [-0.25, -0.2) is 4.98 Å². The third-order valence-electron chi connectivity index (χ3n) is 6.31. The molecule has 6 rings (SSSR count). The standard InChI is InChI=1S/C27H19ClN2O4S/c1-14-3-2-4-16(11-14)23-22(24(31)17-5-8-20-15(12-17)9-10-34-20)25(32)26(33)30(23)27-29-19-7-6-18(28)13-21(19)35-27/h2-8,11-13,23,31H,9-10H2,1H3/b24-22+. The lowest BCUT2D eigenvalue weighted by atomic mass is 9.94. The molecule has 1 N–H and O–H groups in total. The molecule has 0 radical (unpaired) electrons. The number of hydrogen-bond acceptors (Lipinski definition) is 6. The monoisotopic (exact) mass is 502 g/mol. The third kappa shape index (κ3) is 3.59. The zero-order valence-corrected chi connectivity index (χ0v) is 20.2. The number of halogens is 1. The number of nitrogens with zero attached hydrogens (tertiary/aromatic N) is 2. The summed E-state index contributed by atoms with van der Waals surface area (Å²) in [5.41, 5.74) is 3.83. The Bertz CT molecular complexity index is 1570. The van der Waals surface area contributed by atoms with Gasteiger partial charge in [-0.2, -0.15) is 0 Å². The van der Waals surface area contributed by atoms with Crippen molar-refractivity contribution >= 4 is 55.7 Å². The molecule has 1 aromatic heterocycles. The van der Waals surface area contributed by atoms with Crippen LogP contribution in [0.5, 0.6) is 5.75 Å². The second kappa shape index (κ2) is 8.22. The molecule has 35 heavy (non-hydrogen) atoms. The molecule has 3 aromatic carbocycles. The molecule has 3 heterocycles.